The van der Waals surface area contributed by atoms with Crippen molar-refractivity contribution in [2.45, 2.75) is 0 Å². The normalized spacial score (nSPS) is 13.5. The molecule has 0 N–H and O–H groups in total. The van der Waals surface area contributed by atoms with Crippen LogP contribution in [0.2, 0.25) is 0 Å². The molecule has 0 aromatic heterocycles. The van der Waals surface area contributed by atoms with Gasteiger partial charge in [-0.15, -0.1) is 0 Å². The molecule has 1 aromatic carbocycles. The van der Waals surface area contributed by atoms with Gasteiger partial charge in [0.25, 0.3) is 0 Å². The molecular weight excluding hydrogens is 153 g/mol. The lowest BCUT2D eigenvalue weighted by atomic mass is 10.4. The van der Waals surface area contributed by atoms with Crippen LogP contribution in [0.5, 0.6) is 0 Å². The maximum absolute atomic E-state index is 2.27. The Labute approximate surface area is 69.8 Å². The molecule has 11 heavy (non-hydrogen) atoms. The van der Waals surface area contributed by atoms with E-state index in [1.807, 2.05) is 0 Å². The fourth-order valence-corrected chi connectivity index (χ4v) is 1.94. The molecule has 0 saturated heterocycles. The van der Waals surface area contributed by atoms with Gasteiger partial charge in [0, 0.05) is 0 Å². The van der Waals surface area contributed by atoms with E-state index in [0.717, 1.165) is 0 Å². The first-order chi connectivity index (χ1) is 5.22. The number of hydrogen-bond donors (Lipinski definition) is 0. The molecule has 0 aliphatic carbocycles. The summed E-state index contributed by atoms with van der Waals surface area (Å²) in [4.78, 5) is 0. The highest BCUT2D eigenvalue weighted by molar-refractivity contribution is 7.62. The van der Waals surface area contributed by atoms with Crippen LogP contribution in [-0.2, 0) is 0 Å². The zero-order chi connectivity index (χ0) is 8.27. The van der Waals surface area contributed by atoms with E-state index in [0.29, 0.717) is 0 Å². The maximum Gasteiger partial charge on any atom is -0.00781 e. The van der Waals surface area contributed by atoms with Crippen LogP contribution >= 0.6 is 8.07 Å². The highest BCUT2D eigenvalue weighted by atomic mass is 31.1. The van der Waals surface area contributed by atoms with E-state index in [-0.39, 0.29) is 8.07 Å². The molecule has 0 aliphatic rings. The Morgan fingerprint density at radius 3 is 2.09 bits per heavy atom. The summed E-state index contributed by atoms with van der Waals surface area (Å²) in [5.41, 5.74) is 0. The van der Waals surface area contributed by atoms with Crippen molar-refractivity contribution in [1.82, 2.24) is 4.67 Å². The predicted molar refractivity (Wildman–Crippen MR) is 52.6 cm³/mol. The molecule has 0 heterocycles. The highest BCUT2D eigenvalue weighted by Gasteiger charge is 2.04. The lowest BCUT2D eigenvalue weighted by molar-refractivity contribution is 0.687. The Kier molecular flexibility index (Phi) is 3.04. The largest absolute Gasteiger partial charge is 0.285 e. The molecule has 1 atom stereocenters. The molecule has 0 spiro atoms. The Balaban J connectivity index is 2.77. The van der Waals surface area contributed by atoms with Gasteiger partial charge in [-0.3, -0.25) is 4.67 Å². The fourth-order valence-electron chi connectivity index (χ4n) is 0.875. The SMILES string of the molecule is CN(C)P(C)c1ccccc1. The van der Waals surface area contributed by atoms with Crippen LogP contribution in [0.15, 0.2) is 30.3 Å². The van der Waals surface area contributed by atoms with Crippen LogP contribution in [0.25, 0.3) is 0 Å². The molecule has 1 aromatic rings. The van der Waals surface area contributed by atoms with Gasteiger partial charge in [0.2, 0.25) is 0 Å². The molecule has 1 nitrogen and oxygen atoms in total. The molecule has 60 valence electrons. The Bertz CT molecular complexity index is 208. The van der Waals surface area contributed by atoms with Gasteiger partial charge in [-0.1, -0.05) is 30.3 Å². The molecule has 1 unspecified atom stereocenters. The Hall–Kier alpha value is -0.390. The van der Waals surface area contributed by atoms with Gasteiger partial charge in [-0.05, 0) is 34.1 Å². The van der Waals surface area contributed by atoms with E-state index in [9.17, 15) is 0 Å². The van der Waals surface area contributed by atoms with Crippen LogP contribution in [0.3, 0.4) is 0 Å². The van der Waals surface area contributed by atoms with Crippen LogP contribution in [-0.4, -0.2) is 25.4 Å². The van der Waals surface area contributed by atoms with Crippen molar-refractivity contribution in [3.8, 4) is 0 Å². The second-order valence-corrected chi connectivity index (χ2v) is 5.07. The van der Waals surface area contributed by atoms with Gasteiger partial charge >= 0.3 is 0 Å². The van der Waals surface area contributed by atoms with Crippen molar-refractivity contribution in [3.63, 3.8) is 0 Å². The number of nitrogens with zero attached hydrogens (tertiary/aromatic N) is 1. The third-order valence-electron chi connectivity index (χ3n) is 1.73. The van der Waals surface area contributed by atoms with Crippen molar-refractivity contribution in [1.29, 1.82) is 0 Å². The minimum absolute atomic E-state index is 0.101. The van der Waals surface area contributed by atoms with Crippen LogP contribution in [0.4, 0.5) is 0 Å². The second kappa shape index (κ2) is 3.85. The lowest BCUT2D eigenvalue weighted by Crippen LogP contribution is -2.12. The first kappa shape index (κ1) is 8.70. The van der Waals surface area contributed by atoms with E-state index in [1.54, 1.807) is 0 Å². The van der Waals surface area contributed by atoms with Gasteiger partial charge < -0.3 is 0 Å². The average molecular weight is 167 g/mol. The smallest absolute Gasteiger partial charge is 0.00781 e. The van der Waals surface area contributed by atoms with Crippen LogP contribution < -0.4 is 5.30 Å². The minimum atomic E-state index is -0.101. The summed E-state index contributed by atoms with van der Waals surface area (Å²) in [6.07, 6.45) is 0. The molecule has 0 bridgehead atoms. The van der Waals surface area contributed by atoms with Gasteiger partial charge in [0.05, 0.1) is 0 Å². The third kappa shape index (κ3) is 2.28. The summed E-state index contributed by atoms with van der Waals surface area (Å²) >= 11 is 0. The van der Waals surface area contributed by atoms with Crippen molar-refractivity contribution < 1.29 is 0 Å². The molecule has 0 saturated carbocycles. The zero-order valence-electron chi connectivity index (χ0n) is 7.28. The lowest BCUT2D eigenvalue weighted by Gasteiger charge is -2.19. The van der Waals surface area contributed by atoms with E-state index in [2.05, 4.69) is 55.8 Å². The minimum Gasteiger partial charge on any atom is -0.285 e. The summed E-state index contributed by atoms with van der Waals surface area (Å²) in [5.74, 6) is 0. The third-order valence-corrected chi connectivity index (χ3v) is 3.98. The molecule has 0 radical (unpaired) electrons. The summed E-state index contributed by atoms with van der Waals surface area (Å²) in [7, 11) is 4.15. The quantitative estimate of drug-likeness (QED) is 0.608. The first-order valence-corrected chi connectivity index (χ1v) is 5.42. The number of rotatable bonds is 2. The van der Waals surface area contributed by atoms with E-state index >= 15 is 0 Å². The number of benzene rings is 1. The van der Waals surface area contributed by atoms with Gasteiger partial charge in [0.1, 0.15) is 0 Å². The van der Waals surface area contributed by atoms with Crippen molar-refractivity contribution in [2.24, 2.45) is 0 Å². The molecule has 2 heteroatoms. The fraction of sp³-hybridized carbons (Fsp3) is 0.333. The maximum atomic E-state index is 2.27. The summed E-state index contributed by atoms with van der Waals surface area (Å²) in [6, 6.07) is 10.6. The first-order valence-electron chi connectivity index (χ1n) is 3.68. The summed E-state index contributed by atoms with van der Waals surface area (Å²) in [5, 5.41) is 1.44. The van der Waals surface area contributed by atoms with Crippen molar-refractivity contribution in [2.75, 3.05) is 20.8 Å². The van der Waals surface area contributed by atoms with E-state index in [4.69, 9.17) is 0 Å². The monoisotopic (exact) mass is 167 g/mol. The van der Waals surface area contributed by atoms with Gasteiger partial charge in [-0.25, -0.2) is 0 Å². The Morgan fingerprint density at radius 2 is 1.64 bits per heavy atom. The van der Waals surface area contributed by atoms with E-state index in [1.165, 1.54) is 5.30 Å². The second-order valence-electron chi connectivity index (χ2n) is 2.71. The van der Waals surface area contributed by atoms with Crippen LogP contribution in [0.1, 0.15) is 0 Å². The summed E-state index contributed by atoms with van der Waals surface area (Å²) in [6.45, 7) is 2.27. The topological polar surface area (TPSA) is 3.24 Å². The highest BCUT2D eigenvalue weighted by Crippen LogP contribution is 2.30. The molecule has 0 amide bonds. The standard InChI is InChI=1S/C9H14NP/c1-10(2)11(3)9-7-5-4-6-8-9/h4-8H,1-3H3. The Morgan fingerprint density at radius 1 is 1.09 bits per heavy atom. The van der Waals surface area contributed by atoms with E-state index < -0.39 is 0 Å². The average Bonchev–Trinajstić information content (AvgIpc) is 2.05. The predicted octanol–water partition coefficient (Wildman–Crippen LogP) is 1.90. The van der Waals surface area contributed by atoms with Crippen LogP contribution in [0, 0.1) is 0 Å². The van der Waals surface area contributed by atoms with Crippen molar-refractivity contribution >= 4 is 13.4 Å². The molecule has 0 aliphatic heterocycles. The van der Waals surface area contributed by atoms with Gasteiger partial charge in [-0.2, -0.15) is 0 Å². The van der Waals surface area contributed by atoms with Gasteiger partial charge in [0.15, 0.2) is 0 Å². The molecule has 0 fully saturated rings. The summed E-state index contributed by atoms with van der Waals surface area (Å²) < 4.78 is 2.27. The molecule has 1 rings (SSSR count). The van der Waals surface area contributed by atoms with Crippen molar-refractivity contribution in [3.05, 3.63) is 30.3 Å². The molecular formula is C9H14NP. The number of hydrogen-bond acceptors (Lipinski definition) is 1. The zero-order valence-corrected chi connectivity index (χ0v) is 8.18.